The Morgan fingerprint density at radius 2 is 1.78 bits per heavy atom. The lowest BCUT2D eigenvalue weighted by molar-refractivity contribution is 0.0145. The topological polar surface area (TPSA) is 103 Å². The molecule has 1 aromatic heterocycles. The van der Waals surface area contributed by atoms with E-state index in [1.54, 1.807) is 24.3 Å². The van der Waals surface area contributed by atoms with Gasteiger partial charge in [-0.3, -0.25) is 14.3 Å². The van der Waals surface area contributed by atoms with Gasteiger partial charge in [0.05, 0.1) is 29.1 Å². The van der Waals surface area contributed by atoms with E-state index in [0.29, 0.717) is 55.3 Å². The van der Waals surface area contributed by atoms with Gasteiger partial charge in [-0.1, -0.05) is 27.7 Å². The summed E-state index contributed by atoms with van der Waals surface area (Å²) in [6.45, 7) is 12.6. The SMILES string of the molecule is CCc1nn(CC(C)(C)COC(=O)c2ccc(C(=O)N3CCC(C)CC3)cc2)c2c1C(=O)NCC1(CCOCC1)C2. The van der Waals surface area contributed by atoms with Crippen LogP contribution in [0.25, 0.3) is 0 Å². The van der Waals surface area contributed by atoms with Gasteiger partial charge in [0.15, 0.2) is 0 Å². The van der Waals surface area contributed by atoms with Crippen molar-refractivity contribution in [3.63, 3.8) is 0 Å². The predicted molar refractivity (Wildman–Crippen MR) is 155 cm³/mol. The Hall–Kier alpha value is -3.20. The van der Waals surface area contributed by atoms with Gasteiger partial charge in [0, 0.05) is 50.4 Å². The zero-order chi connectivity index (χ0) is 29.2. The van der Waals surface area contributed by atoms with E-state index in [1.807, 2.05) is 30.4 Å². The molecule has 41 heavy (non-hydrogen) atoms. The number of hydrogen-bond donors (Lipinski definition) is 1. The van der Waals surface area contributed by atoms with Crippen LogP contribution in [0.5, 0.6) is 0 Å². The molecule has 5 rings (SSSR count). The van der Waals surface area contributed by atoms with Gasteiger partial charge in [-0.05, 0) is 74.1 Å². The van der Waals surface area contributed by atoms with Crippen molar-refractivity contribution in [1.82, 2.24) is 20.0 Å². The minimum absolute atomic E-state index is 0.0129. The molecule has 0 bridgehead atoms. The average molecular weight is 565 g/mol. The fourth-order valence-corrected chi connectivity index (χ4v) is 6.24. The maximum atomic E-state index is 13.1. The summed E-state index contributed by atoms with van der Waals surface area (Å²) >= 11 is 0. The lowest BCUT2D eigenvalue weighted by Crippen LogP contribution is -2.41. The van der Waals surface area contributed by atoms with Gasteiger partial charge in [0.1, 0.15) is 0 Å². The standard InChI is InChI=1S/C32H44N4O5/c1-5-25-27-26(18-32(19-33-28(27)37)12-16-40-17-13-32)36(34-25)20-31(3,4)21-41-30(39)24-8-6-23(7-9-24)29(38)35-14-10-22(2)11-15-35/h6-9,22H,5,10-21H2,1-4H3,(H,33,37). The van der Waals surface area contributed by atoms with Crippen LogP contribution in [0.3, 0.4) is 0 Å². The van der Waals surface area contributed by atoms with E-state index in [-0.39, 0.29) is 23.8 Å². The van der Waals surface area contributed by atoms with Gasteiger partial charge in [0.2, 0.25) is 0 Å². The molecule has 222 valence electrons. The summed E-state index contributed by atoms with van der Waals surface area (Å²) in [5.74, 6) is 0.199. The Balaban J connectivity index is 1.24. The molecule has 0 atom stereocenters. The van der Waals surface area contributed by atoms with Gasteiger partial charge in [-0.2, -0.15) is 5.10 Å². The van der Waals surface area contributed by atoms with Crippen LogP contribution in [0.1, 0.15) is 95.8 Å². The summed E-state index contributed by atoms with van der Waals surface area (Å²) in [7, 11) is 0. The van der Waals surface area contributed by atoms with Gasteiger partial charge in [-0.25, -0.2) is 4.79 Å². The molecule has 3 aliphatic rings. The lowest BCUT2D eigenvalue weighted by atomic mass is 9.76. The number of nitrogens with zero attached hydrogens (tertiary/aromatic N) is 3. The quantitative estimate of drug-likeness (QED) is 0.504. The Kier molecular flexibility index (Phi) is 8.55. The highest BCUT2D eigenvalue weighted by atomic mass is 16.5. The summed E-state index contributed by atoms with van der Waals surface area (Å²) < 4.78 is 13.4. The number of carbonyl (C=O) groups is 3. The molecular formula is C32H44N4O5. The Morgan fingerprint density at radius 3 is 2.44 bits per heavy atom. The number of likely N-dealkylation sites (tertiary alicyclic amines) is 1. The first-order valence-corrected chi connectivity index (χ1v) is 15.1. The average Bonchev–Trinajstić information content (AvgIpc) is 3.23. The number of nitrogens with one attached hydrogen (secondary N) is 1. The van der Waals surface area contributed by atoms with Crippen LogP contribution in [0.15, 0.2) is 24.3 Å². The molecule has 9 heteroatoms. The molecule has 0 saturated carbocycles. The molecule has 2 aromatic rings. The highest BCUT2D eigenvalue weighted by Gasteiger charge is 2.40. The predicted octanol–water partition coefficient (Wildman–Crippen LogP) is 4.28. The number of aryl methyl sites for hydroxylation is 1. The van der Waals surface area contributed by atoms with E-state index in [0.717, 1.165) is 56.6 Å². The number of fused-ring (bicyclic) bond motifs is 1. The molecule has 0 aliphatic carbocycles. The third-order valence-corrected chi connectivity index (χ3v) is 9.02. The van der Waals surface area contributed by atoms with Crippen LogP contribution >= 0.6 is 0 Å². The van der Waals surface area contributed by atoms with Crippen molar-refractivity contribution < 1.29 is 23.9 Å². The van der Waals surface area contributed by atoms with Crippen LogP contribution in [-0.4, -0.2) is 71.9 Å². The number of carbonyl (C=O) groups excluding carboxylic acids is 3. The molecule has 1 spiro atoms. The highest BCUT2D eigenvalue weighted by Crippen LogP contribution is 2.38. The summed E-state index contributed by atoms with van der Waals surface area (Å²) in [6, 6.07) is 6.76. The summed E-state index contributed by atoms with van der Waals surface area (Å²) in [6.07, 6.45) is 5.30. The molecule has 2 amide bonds. The molecule has 3 aliphatic heterocycles. The Labute approximate surface area is 242 Å². The molecule has 0 radical (unpaired) electrons. The van der Waals surface area contributed by atoms with Crippen molar-refractivity contribution in [2.75, 3.05) is 39.5 Å². The lowest BCUT2D eigenvalue weighted by Gasteiger charge is -2.36. The minimum atomic E-state index is -0.423. The molecule has 9 nitrogen and oxygen atoms in total. The largest absolute Gasteiger partial charge is 0.461 e. The molecule has 2 saturated heterocycles. The van der Waals surface area contributed by atoms with Gasteiger partial charge in [0.25, 0.3) is 11.8 Å². The van der Waals surface area contributed by atoms with E-state index >= 15 is 0 Å². The molecular weight excluding hydrogens is 520 g/mol. The van der Waals surface area contributed by atoms with E-state index in [9.17, 15) is 14.4 Å². The van der Waals surface area contributed by atoms with Crippen molar-refractivity contribution in [2.24, 2.45) is 16.7 Å². The minimum Gasteiger partial charge on any atom is -0.461 e. The van der Waals surface area contributed by atoms with Crippen LogP contribution in [0.4, 0.5) is 0 Å². The monoisotopic (exact) mass is 564 g/mol. The van der Waals surface area contributed by atoms with E-state index in [4.69, 9.17) is 14.6 Å². The fraction of sp³-hybridized carbons (Fsp3) is 0.625. The molecule has 1 N–H and O–H groups in total. The fourth-order valence-electron chi connectivity index (χ4n) is 6.24. The number of esters is 1. The number of piperidine rings is 1. The third kappa shape index (κ3) is 6.50. The zero-order valence-corrected chi connectivity index (χ0v) is 25.0. The second-order valence-corrected chi connectivity index (χ2v) is 13.0. The van der Waals surface area contributed by atoms with Crippen LogP contribution in [0.2, 0.25) is 0 Å². The number of ether oxygens (including phenoxy) is 2. The van der Waals surface area contributed by atoms with Crippen LogP contribution in [-0.2, 0) is 28.9 Å². The van der Waals surface area contributed by atoms with Crippen molar-refractivity contribution in [3.8, 4) is 0 Å². The van der Waals surface area contributed by atoms with Crippen LogP contribution in [0, 0.1) is 16.7 Å². The smallest absolute Gasteiger partial charge is 0.338 e. The summed E-state index contributed by atoms with van der Waals surface area (Å²) in [4.78, 5) is 40.8. The highest BCUT2D eigenvalue weighted by molar-refractivity contribution is 5.97. The third-order valence-electron chi connectivity index (χ3n) is 9.02. The van der Waals surface area contributed by atoms with Crippen molar-refractivity contribution >= 4 is 17.8 Å². The van der Waals surface area contributed by atoms with Gasteiger partial charge in [-0.15, -0.1) is 0 Å². The Morgan fingerprint density at radius 1 is 1.12 bits per heavy atom. The van der Waals surface area contributed by atoms with E-state index in [2.05, 4.69) is 12.2 Å². The Bertz CT molecular complexity index is 1270. The number of amides is 2. The van der Waals surface area contributed by atoms with Crippen molar-refractivity contribution in [2.45, 2.75) is 72.8 Å². The van der Waals surface area contributed by atoms with Crippen molar-refractivity contribution in [3.05, 3.63) is 52.3 Å². The summed E-state index contributed by atoms with van der Waals surface area (Å²) in [5.41, 5.74) is 3.05. The maximum absolute atomic E-state index is 13.1. The van der Waals surface area contributed by atoms with E-state index < -0.39 is 11.4 Å². The number of benzene rings is 1. The van der Waals surface area contributed by atoms with Crippen LogP contribution < -0.4 is 5.32 Å². The molecule has 2 fully saturated rings. The number of rotatable bonds is 7. The second-order valence-electron chi connectivity index (χ2n) is 13.0. The zero-order valence-electron chi connectivity index (χ0n) is 25.0. The second kappa shape index (κ2) is 12.0. The van der Waals surface area contributed by atoms with E-state index in [1.165, 1.54) is 0 Å². The molecule has 4 heterocycles. The first-order valence-electron chi connectivity index (χ1n) is 15.1. The molecule has 1 aromatic carbocycles. The van der Waals surface area contributed by atoms with Gasteiger partial charge >= 0.3 is 5.97 Å². The van der Waals surface area contributed by atoms with Crippen molar-refractivity contribution in [1.29, 1.82) is 0 Å². The maximum Gasteiger partial charge on any atom is 0.338 e. The number of aromatic nitrogens is 2. The summed E-state index contributed by atoms with van der Waals surface area (Å²) in [5, 5.41) is 8.03. The molecule has 0 unspecified atom stereocenters. The first-order chi connectivity index (χ1) is 19.6. The normalized spacial score (nSPS) is 19.4. The first kappa shape index (κ1) is 29.3. The number of hydrogen-bond acceptors (Lipinski definition) is 6. The van der Waals surface area contributed by atoms with Gasteiger partial charge < -0.3 is 19.7 Å².